The number of carbonyl (C=O) groups excluding carboxylic acids is 1. The van der Waals surface area contributed by atoms with Crippen molar-refractivity contribution in [3.05, 3.63) is 23.8 Å². The maximum Gasteiger partial charge on any atom is 0.223 e. The van der Waals surface area contributed by atoms with Crippen molar-refractivity contribution >= 4 is 18.3 Å². The molecule has 2 heterocycles. The summed E-state index contributed by atoms with van der Waals surface area (Å²) < 4.78 is 11.5. The maximum absolute atomic E-state index is 12.3. The van der Waals surface area contributed by atoms with Crippen LogP contribution in [-0.4, -0.2) is 31.7 Å². The molecule has 1 aromatic rings. The largest absolute Gasteiger partial charge is 0.490 e. The molecule has 1 saturated heterocycles. The number of amides is 1. The number of rotatable bonds is 3. The Morgan fingerprint density at radius 3 is 3.00 bits per heavy atom. The van der Waals surface area contributed by atoms with Gasteiger partial charge in [0.2, 0.25) is 5.91 Å². The zero-order chi connectivity index (χ0) is 15.4. The van der Waals surface area contributed by atoms with Crippen molar-refractivity contribution in [1.29, 1.82) is 0 Å². The van der Waals surface area contributed by atoms with E-state index in [-0.39, 0.29) is 24.2 Å². The van der Waals surface area contributed by atoms with Gasteiger partial charge in [-0.05, 0) is 32.4 Å². The summed E-state index contributed by atoms with van der Waals surface area (Å²) in [6.07, 6.45) is 2.69. The number of para-hydroxylation sites is 1. The van der Waals surface area contributed by atoms with Crippen LogP contribution in [0.1, 0.15) is 31.7 Å². The second-order valence-corrected chi connectivity index (χ2v) is 6.09. The van der Waals surface area contributed by atoms with Crippen molar-refractivity contribution in [3.8, 4) is 11.5 Å². The minimum atomic E-state index is 0. The number of piperidine rings is 1. The van der Waals surface area contributed by atoms with Crippen LogP contribution >= 0.6 is 12.4 Å². The van der Waals surface area contributed by atoms with Crippen LogP contribution in [-0.2, 0) is 11.3 Å². The Bertz CT molecular complexity index is 539. The van der Waals surface area contributed by atoms with Crippen molar-refractivity contribution in [2.24, 2.45) is 5.92 Å². The Kier molecular flexibility index (Phi) is 6.54. The topological polar surface area (TPSA) is 59.6 Å². The quantitative estimate of drug-likeness (QED) is 0.886. The number of hydrogen-bond donors (Lipinski definition) is 2. The molecule has 0 spiro atoms. The smallest absolute Gasteiger partial charge is 0.223 e. The zero-order valence-electron chi connectivity index (χ0n) is 13.5. The lowest BCUT2D eigenvalue weighted by Gasteiger charge is -2.27. The van der Waals surface area contributed by atoms with E-state index in [2.05, 4.69) is 17.6 Å². The third kappa shape index (κ3) is 4.52. The van der Waals surface area contributed by atoms with Gasteiger partial charge in [-0.3, -0.25) is 4.79 Å². The standard InChI is InChI=1S/C17H24N2O3.ClH/c1-12-10-13(6-7-18-12)17(20)19-11-14-4-2-5-15-16(14)22-9-3-8-21-15;/h2,4-5,12-13,18H,3,6-11H2,1H3,(H,19,20);1H/t12-,13-;/m0./s1. The molecule has 2 atom stereocenters. The number of ether oxygens (including phenoxy) is 2. The van der Waals surface area contributed by atoms with Gasteiger partial charge >= 0.3 is 0 Å². The van der Waals surface area contributed by atoms with Crippen molar-refractivity contribution in [2.45, 2.75) is 38.8 Å². The molecule has 0 saturated carbocycles. The monoisotopic (exact) mass is 340 g/mol. The second-order valence-electron chi connectivity index (χ2n) is 6.09. The van der Waals surface area contributed by atoms with E-state index in [1.807, 2.05) is 18.2 Å². The first-order valence-electron chi connectivity index (χ1n) is 8.12. The number of hydrogen-bond acceptors (Lipinski definition) is 4. The normalized spacial score (nSPS) is 23.3. The number of nitrogens with one attached hydrogen (secondary N) is 2. The maximum atomic E-state index is 12.3. The molecular formula is C17H25ClN2O3. The van der Waals surface area contributed by atoms with Gasteiger partial charge in [0.1, 0.15) is 0 Å². The SMILES string of the molecule is C[C@H]1C[C@@H](C(=O)NCc2cccc3c2OCCCO3)CCN1.Cl. The van der Waals surface area contributed by atoms with Crippen LogP contribution in [0.25, 0.3) is 0 Å². The summed E-state index contributed by atoms with van der Waals surface area (Å²) >= 11 is 0. The van der Waals surface area contributed by atoms with Crippen molar-refractivity contribution in [3.63, 3.8) is 0 Å². The van der Waals surface area contributed by atoms with Crippen LogP contribution in [0.5, 0.6) is 11.5 Å². The minimum absolute atomic E-state index is 0. The van der Waals surface area contributed by atoms with E-state index >= 15 is 0 Å². The first kappa shape index (κ1) is 17.9. The summed E-state index contributed by atoms with van der Waals surface area (Å²) in [6.45, 7) is 4.86. The summed E-state index contributed by atoms with van der Waals surface area (Å²) in [4.78, 5) is 12.3. The van der Waals surface area contributed by atoms with Gasteiger partial charge in [0.05, 0.1) is 13.2 Å². The molecule has 1 fully saturated rings. The molecule has 3 rings (SSSR count). The molecule has 2 N–H and O–H groups in total. The Labute approximate surface area is 143 Å². The molecular weight excluding hydrogens is 316 g/mol. The highest BCUT2D eigenvalue weighted by molar-refractivity contribution is 5.85. The van der Waals surface area contributed by atoms with Crippen LogP contribution in [0.2, 0.25) is 0 Å². The van der Waals surface area contributed by atoms with E-state index < -0.39 is 0 Å². The molecule has 2 aliphatic heterocycles. The molecule has 0 bridgehead atoms. The molecule has 1 amide bonds. The highest BCUT2D eigenvalue weighted by Crippen LogP contribution is 2.33. The lowest BCUT2D eigenvalue weighted by molar-refractivity contribution is -0.126. The highest BCUT2D eigenvalue weighted by Gasteiger charge is 2.24. The highest BCUT2D eigenvalue weighted by atomic mass is 35.5. The van der Waals surface area contributed by atoms with Crippen molar-refractivity contribution < 1.29 is 14.3 Å². The predicted molar refractivity (Wildman–Crippen MR) is 91.3 cm³/mol. The first-order chi connectivity index (χ1) is 10.7. The van der Waals surface area contributed by atoms with E-state index in [0.717, 1.165) is 42.9 Å². The lowest BCUT2D eigenvalue weighted by atomic mass is 9.92. The summed E-state index contributed by atoms with van der Waals surface area (Å²) in [6, 6.07) is 6.26. The molecule has 1 aromatic carbocycles. The van der Waals surface area contributed by atoms with Crippen LogP contribution in [0.3, 0.4) is 0 Å². The number of carbonyl (C=O) groups is 1. The third-order valence-corrected chi connectivity index (χ3v) is 4.30. The first-order valence-corrected chi connectivity index (χ1v) is 8.12. The van der Waals surface area contributed by atoms with Gasteiger partial charge in [-0.15, -0.1) is 12.4 Å². The van der Waals surface area contributed by atoms with Crippen molar-refractivity contribution in [2.75, 3.05) is 19.8 Å². The van der Waals surface area contributed by atoms with Gasteiger partial charge in [0.15, 0.2) is 11.5 Å². The van der Waals surface area contributed by atoms with Crippen LogP contribution in [0.15, 0.2) is 18.2 Å². The van der Waals surface area contributed by atoms with E-state index in [0.29, 0.717) is 25.8 Å². The number of benzene rings is 1. The average Bonchev–Trinajstić information content (AvgIpc) is 2.78. The van der Waals surface area contributed by atoms with Gasteiger partial charge in [-0.2, -0.15) is 0 Å². The molecule has 0 unspecified atom stereocenters. The molecule has 2 aliphatic rings. The average molecular weight is 341 g/mol. The number of fused-ring (bicyclic) bond motifs is 1. The Hall–Kier alpha value is -1.46. The van der Waals surface area contributed by atoms with Crippen LogP contribution < -0.4 is 20.1 Å². The molecule has 128 valence electrons. The summed E-state index contributed by atoms with van der Waals surface area (Å²) in [5.74, 6) is 1.80. The van der Waals surface area contributed by atoms with Crippen molar-refractivity contribution in [1.82, 2.24) is 10.6 Å². The molecule has 0 aromatic heterocycles. The summed E-state index contributed by atoms with van der Waals surface area (Å²) in [5.41, 5.74) is 0.981. The predicted octanol–water partition coefficient (Wildman–Crippen LogP) is 2.27. The lowest BCUT2D eigenvalue weighted by Crippen LogP contribution is -2.42. The van der Waals surface area contributed by atoms with Gasteiger partial charge < -0.3 is 20.1 Å². The van der Waals surface area contributed by atoms with E-state index in [9.17, 15) is 4.79 Å². The molecule has 6 heteroatoms. The fourth-order valence-corrected chi connectivity index (χ4v) is 3.09. The second kappa shape index (κ2) is 8.41. The van der Waals surface area contributed by atoms with Gasteiger partial charge in [-0.25, -0.2) is 0 Å². The fraction of sp³-hybridized carbons (Fsp3) is 0.588. The fourth-order valence-electron chi connectivity index (χ4n) is 3.09. The zero-order valence-corrected chi connectivity index (χ0v) is 14.3. The Morgan fingerprint density at radius 1 is 1.35 bits per heavy atom. The minimum Gasteiger partial charge on any atom is -0.490 e. The van der Waals surface area contributed by atoms with Crippen LogP contribution in [0, 0.1) is 5.92 Å². The third-order valence-electron chi connectivity index (χ3n) is 4.30. The molecule has 0 aliphatic carbocycles. The molecule has 23 heavy (non-hydrogen) atoms. The van der Waals surface area contributed by atoms with Gasteiger partial charge in [0, 0.05) is 30.5 Å². The molecule has 0 radical (unpaired) electrons. The van der Waals surface area contributed by atoms with Gasteiger partial charge in [-0.1, -0.05) is 12.1 Å². The van der Waals surface area contributed by atoms with E-state index in [4.69, 9.17) is 9.47 Å². The summed E-state index contributed by atoms with van der Waals surface area (Å²) in [7, 11) is 0. The van der Waals surface area contributed by atoms with E-state index in [1.54, 1.807) is 0 Å². The summed E-state index contributed by atoms with van der Waals surface area (Å²) in [5, 5.41) is 6.43. The molecule has 5 nitrogen and oxygen atoms in total. The Morgan fingerprint density at radius 2 is 2.17 bits per heavy atom. The van der Waals surface area contributed by atoms with E-state index in [1.165, 1.54) is 0 Å². The Balaban J connectivity index is 0.00000192. The number of halogens is 1. The van der Waals surface area contributed by atoms with Crippen LogP contribution in [0.4, 0.5) is 0 Å². The van der Waals surface area contributed by atoms with Gasteiger partial charge in [0.25, 0.3) is 0 Å².